The van der Waals surface area contributed by atoms with Gasteiger partial charge in [-0.3, -0.25) is 9.48 Å². The number of hydrogen-bond donors (Lipinski definition) is 1. The lowest BCUT2D eigenvalue weighted by atomic mass is 9.96. The highest BCUT2D eigenvalue weighted by molar-refractivity contribution is 7.89. The number of methoxy groups -OCH3 is 1. The van der Waals surface area contributed by atoms with Gasteiger partial charge in [0.2, 0.25) is 15.9 Å². The molecule has 0 bridgehead atoms. The zero-order valence-corrected chi connectivity index (χ0v) is 24.4. The van der Waals surface area contributed by atoms with Gasteiger partial charge in [-0.15, -0.1) is 11.3 Å². The van der Waals surface area contributed by atoms with Crippen LogP contribution in [0.5, 0.6) is 5.75 Å². The molecule has 214 valence electrons. The second-order valence-electron chi connectivity index (χ2n) is 9.73. The average Bonchev–Trinajstić information content (AvgIpc) is 3.66. The van der Waals surface area contributed by atoms with Crippen molar-refractivity contribution in [2.45, 2.75) is 10.9 Å². The van der Waals surface area contributed by atoms with Crippen molar-refractivity contribution in [1.82, 2.24) is 24.4 Å². The fourth-order valence-corrected chi connectivity index (χ4v) is 6.76. The van der Waals surface area contributed by atoms with E-state index < -0.39 is 15.8 Å². The molecule has 1 aliphatic rings. The summed E-state index contributed by atoms with van der Waals surface area (Å²) in [5.74, 6) is -0.170. The van der Waals surface area contributed by atoms with Crippen LogP contribution in [0.4, 0.5) is 4.39 Å². The summed E-state index contributed by atoms with van der Waals surface area (Å²) in [5, 5.41) is 7.42. The molecule has 0 spiro atoms. The van der Waals surface area contributed by atoms with E-state index in [1.54, 1.807) is 41.4 Å². The summed E-state index contributed by atoms with van der Waals surface area (Å²) in [4.78, 5) is 18.9. The quantitative estimate of drug-likeness (QED) is 0.247. The van der Waals surface area contributed by atoms with Crippen LogP contribution in [-0.4, -0.2) is 61.2 Å². The van der Waals surface area contributed by atoms with Crippen molar-refractivity contribution in [2.75, 3.05) is 27.2 Å². The minimum Gasteiger partial charge on any atom is -0.496 e. The van der Waals surface area contributed by atoms with Crippen LogP contribution in [0.3, 0.4) is 0 Å². The Bertz CT molecular complexity index is 1940. The molecule has 12 heteroatoms. The number of halogens is 1. The molecule has 0 radical (unpaired) electrons. The average molecular weight is 604 g/mol. The fraction of sp³-hybridized carbons (Fsp3) is 0.167. The summed E-state index contributed by atoms with van der Waals surface area (Å²) in [6, 6.07) is 12.9. The smallest absolute Gasteiger partial charge is 0.246 e. The minimum absolute atomic E-state index is 0.0121. The highest BCUT2D eigenvalue weighted by atomic mass is 32.2. The fourth-order valence-electron chi connectivity index (χ4n) is 5.08. The summed E-state index contributed by atoms with van der Waals surface area (Å²) >= 11 is 1.52. The van der Waals surface area contributed by atoms with E-state index in [1.165, 1.54) is 43.7 Å². The molecule has 1 saturated heterocycles. The van der Waals surface area contributed by atoms with Gasteiger partial charge in [-0.2, -0.15) is 5.10 Å². The van der Waals surface area contributed by atoms with Crippen LogP contribution in [0.1, 0.15) is 6.04 Å². The number of ether oxygens (including phenoxy) is 1. The van der Waals surface area contributed by atoms with Crippen LogP contribution in [0.2, 0.25) is 0 Å². The summed E-state index contributed by atoms with van der Waals surface area (Å²) in [7, 11) is -0.736. The Morgan fingerprint density at radius 3 is 2.60 bits per heavy atom. The molecular formula is C30H26FN5O4S2. The molecule has 0 atom stereocenters. The van der Waals surface area contributed by atoms with Crippen LogP contribution in [0.25, 0.3) is 43.7 Å². The molecule has 1 fully saturated rings. The molecule has 0 aliphatic carbocycles. The van der Waals surface area contributed by atoms with Gasteiger partial charge in [0.15, 0.2) is 0 Å². The van der Waals surface area contributed by atoms with E-state index in [-0.39, 0.29) is 16.8 Å². The largest absolute Gasteiger partial charge is 0.496 e. The van der Waals surface area contributed by atoms with E-state index in [4.69, 9.17) is 9.72 Å². The van der Waals surface area contributed by atoms with Gasteiger partial charge in [0, 0.05) is 57.7 Å². The second kappa shape index (κ2) is 10.8. The van der Waals surface area contributed by atoms with Crippen LogP contribution < -0.4 is 9.46 Å². The zero-order valence-electron chi connectivity index (χ0n) is 22.7. The third-order valence-corrected chi connectivity index (χ3v) is 9.71. The molecule has 0 unspecified atom stereocenters. The Balaban J connectivity index is 1.53. The molecule has 4 heterocycles. The predicted octanol–water partition coefficient (Wildman–Crippen LogP) is 5.12. The molecule has 6 rings (SSSR count). The maximum atomic E-state index is 14.2. The van der Waals surface area contributed by atoms with Gasteiger partial charge < -0.3 is 9.64 Å². The first-order valence-electron chi connectivity index (χ1n) is 13.0. The number of fused-ring (bicyclic) bond motifs is 1. The highest BCUT2D eigenvalue weighted by Gasteiger charge is 2.32. The van der Waals surface area contributed by atoms with E-state index in [0.29, 0.717) is 35.8 Å². The molecule has 9 nitrogen and oxygen atoms in total. The number of likely N-dealkylation sites (tertiary alicyclic amines) is 1. The molecule has 1 aliphatic heterocycles. The minimum atomic E-state index is -3.60. The number of hydrogen-bond acceptors (Lipinski definition) is 7. The number of pyridine rings is 1. The Kier molecular flexibility index (Phi) is 7.13. The van der Waals surface area contributed by atoms with Crippen molar-refractivity contribution in [3.63, 3.8) is 0 Å². The standard InChI is InChI=1S/C30H26FN5O4S2/c1-4-26(37)35-16-21(17-35)36-15-19(14-33-36)29-27(23-10-7-20(31)13-25(23)40-3)30-24(11-12-41-30)28(34-29)18-5-8-22(9-6-18)42(38,39)32-2/h4-15,21,32H,1,16-17H2,2-3H3. The summed E-state index contributed by atoms with van der Waals surface area (Å²) in [6.45, 7) is 4.60. The van der Waals surface area contributed by atoms with Gasteiger partial charge >= 0.3 is 0 Å². The van der Waals surface area contributed by atoms with E-state index in [1.807, 2.05) is 22.3 Å². The maximum Gasteiger partial charge on any atom is 0.246 e. The molecule has 1 N–H and O–H groups in total. The summed E-state index contributed by atoms with van der Waals surface area (Å²) < 4.78 is 49.5. The van der Waals surface area contributed by atoms with Gasteiger partial charge in [-0.1, -0.05) is 18.7 Å². The SMILES string of the molecule is C=CC(=O)N1CC(n2cc(-c3nc(-c4ccc(S(=O)(=O)NC)cc4)c4ccsc4c3-c3ccc(F)cc3OC)cn2)C1. The molecule has 2 aromatic carbocycles. The Morgan fingerprint density at radius 2 is 1.90 bits per heavy atom. The monoisotopic (exact) mass is 603 g/mol. The zero-order chi connectivity index (χ0) is 29.6. The topological polar surface area (TPSA) is 106 Å². The first-order valence-corrected chi connectivity index (χ1v) is 15.3. The summed E-state index contributed by atoms with van der Waals surface area (Å²) in [6.07, 6.45) is 4.93. The van der Waals surface area contributed by atoms with Crippen LogP contribution in [0, 0.1) is 5.82 Å². The molecule has 3 aromatic heterocycles. The van der Waals surface area contributed by atoms with Crippen LogP contribution >= 0.6 is 11.3 Å². The highest BCUT2D eigenvalue weighted by Crippen LogP contribution is 2.46. The molecule has 0 saturated carbocycles. The molecule has 42 heavy (non-hydrogen) atoms. The number of rotatable bonds is 8. The van der Waals surface area contributed by atoms with Crippen molar-refractivity contribution in [3.8, 4) is 39.4 Å². The van der Waals surface area contributed by atoms with Crippen molar-refractivity contribution >= 4 is 37.4 Å². The molecule has 1 amide bonds. The number of amides is 1. The lowest BCUT2D eigenvalue weighted by molar-refractivity contribution is -0.131. The molecular weight excluding hydrogens is 577 g/mol. The number of nitrogens with one attached hydrogen (secondary N) is 1. The van der Waals surface area contributed by atoms with Crippen molar-refractivity contribution in [2.24, 2.45) is 0 Å². The van der Waals surface area contributed by atoms with Gasteiger partial charge in [-0.25, -0.2) is 22.5 Å². The Hall–Kier alpha value is -4.39. The lowest BCUT2D eigenvalue weighted by Crippen LogP contribution is -2.50. The third-order valence-electron chi connectivity index (χ3n) is 7.35. The lowest BCUT2D eigenvalue weighted by Gasteiger charge is -2.38. The second-order valence-corrected chi connectivity index (χ2v) is 12.5. The van der Waals surface area contributed by atoms with E-state index in [9.17, 15) is 17.6 Å². The van der Waals surface area contributed by atoms with Gasteiger partial charge in [0.05, 0.1) is 35.6 Å². The number of carbonyl (C=O) groups is 1. The number of benzene rings is 2. The number of sulfonamides is 1. The Morgan fingerprint density at radius 1 is 1.14 bits per heavy atom. The van der Waals surface area contributed by atoms with Gasteiger partial charge in [-0.05, 0) is 48.8 Å². The van der Waals surface area contributed by atoms with Crippen LogP contribution in [0.15, 0.2) is 83.9 Å². The summed E-state index contributed by atoms with van der Waals surface area (Å²) in [5.41, 5.74) is 4.19. The number of aromatic nitrogens is 3. The number of carbonyl (C=O) groups excluding carboxylic acids is 1. The third kappa shape index (κ3) is 4.77. The van der Waals surface area contributed by atoms with Crippen molar-refractivity contribution in [1.29, 1.82) is 0 Å². The number of nitrogens with zero attached hydrogens (tertiary/aromatic N) is 4. The van der Waals surface area contributed by atoms with Gasteiger partial charge in [0.1, 0.15) is 11.6 Å². The normalized spacial score (nSPS) is 13.7. The van der Waals surface area contributed by atoms with Gasteiger partial charge in [0.25, 0.3) is 0 Å². The Labute approximate surface area is 245 Å². The van der Waals surface area contributed by atoms with Crippen molar-refractivity contribution in [3.05, 3.63) is 84.8 Å². The van der Waals surface area contributed by atoms with E-state index in [0.717, 1.165) is 26.8 Å². The first kappa shape index (κ1) is 27.8. The number of thiophene rings is 1. The van der Waals surface area contributed by atoms with Crippen molar-refractivity contribution < 1.29 is 22.3 Å². The molecule has 5 aromatic rings. The maximum absolute atomic E-state index is 14.2. The van der Waals surface area contributed by atoms with Crippen LogP contribution in [-0.2, 0) is 14.8 Å². The first-order chi connectivity index (χ1) is 20.2. The predicted molar refractivity (Wildman–Crippen MR) is 160 cm³/mol. The van der Waals surface area contributed by atoms with E-state index in [2.05, 4.69) is 16.4 Å². The van der Waals surface area contributed by atoms with E-state index >= 15 is 0 Å².